The second-order valence-corrected chi connectivity index (χ2v) is 6.80. The lowest BCUT2D eigenvalue weighted by molar-refractivity contribution is -0.122. The lowest BCUT2D eigenvalue weighted by Gasteiger charge is -2.27. The number of guanidine groups is 2. The van der Waals surface area contributed by atoms with E-state index in [9.17, 15) is 9.59 Å². The largest absolute Gasteiger partial charge is 0.370 e. The summed E-state index contributed by atoms with van der Waals surface area (Å²) in [5, 5.41) is 18.5. The third-order valence-corrected chi connectivity index (χ3v) is 4.67. The number of nitrogens with two attached hydrogens (primary N) is 2. The Morgan fingerprint density at radius 2 is 1.57 bits per heavy atom. The number of rotatable bonds is 5. The van der Waals surface area contributed by atoms with Crippen LogP contribution in [0.5, 0.6) is 0 Å². The van der Waals surface area contributed by atoms with Crippen LogP contribution in [0.1, 0.15) is 36.2 Å². The molecule has 158 valence electrons. The van der Waals surface area contributed by atoms with Gasteiger partial charge in [-0.3, -0.25) is 25.7 Å². The van der Waals surface area contributed by atoms with Crippen LogP contribution in [0.3, 0.4) is 0 Å². The highest BCUT2D eigenvalue weighted by atomic mass is 35.5. The fourth-order valence-electron chi connectivity index (χ4n) is 1.75. The number of alkyl halides is 1. The van der Waals surface area contributed by atoms with Crippen LogP contribution in [-0.4, -0.2) is 35.0 Å². The van der Waals surface area contributed by atoms with E-state index in [1.807, 2.05) is 5.32 Å². The molecular weight excluding hydrogens is 450 g/mol. The van der Waals surface area contributed by atoms with Crippen LogP contribution in [-0.2, 0) is 4.79 Å². The Bertz CT molecular complexity index is 709. The maximum atomic E-state index is 12.2. The summed E-state index contributed by atoms with van der Waals surface area (Å²) in [6, 6.07) is 3.05. The molecule has 1 aromatic carbocycles. The minimum absolute atomic E-state index is 0. The van der Waals surface area contributed by atoms with Gasteiger partial charge in [0.15, 0.2) is 17.7 Å². The Morgan fingerprint density at radius 3 is 1.86 bits per heavy atom. The molecule has 0 aliphatic rings. The summed E-state index contributed by atoms with van der Waals surface area (Å²) in [7, 11) is 0. The van der Waals surface area contributed by atoms with E-state index in [4.69, 9.17) is 57.1 Å². The van der Waals surface area contributed by atoms with Gasteiger partial charge < -0.3 is 16.8 Å². The Hall–Kier alpha value is -1.74. The van der Waals surface area contributed by atoms with E-state index in [0.717, 1.165) is 0 Å². The van der Waals surface area contributed by atoms with Gasteiger partial charge in [-0.2, -0.15) is 0 Å². The van der Waals surface area contributed by atoms with E-state index in [1.54, 1.807) is 20.8 Å². The smallest absolute Gasteiger partial charge is 0.252 e. The number of hydrogen-bond donors (Lipinski definition) is 6. The Kier molecular flexibility index (Phi) is 12.9. The average Bonchev–Trinajstić information content (AvgIpc) is 2.57. The van der Waals surface area contributed by atoms with Crippen molar-refractivity contribution in [3.05, 3.63) is 33.3 Å². The second-order valence-electron chi connectivity index (χ2n) is 5.71. The van der Waals surface area contributed by atoms with Crippen molar-refractivity contribution in [3.8, 4) is 0 Å². The number of ketones is 1. The summed E-state index contributed by atoms with van der Waals surface area (Å²) < 4.78 is 0. The van der Waals surface area contributed by atoms with Gasteiger partial charge >= 0.3 is 0 Å². The lowest BCUT2D eigenvalue weighted by Crippen LogP contribution is -2.52. The number of carbonyl (C=O) groups is 2. The number of nitrogens with one attached hydrogen (secondary N) is 4. The molecule has 0 saturated heterocycles. The second kappa shape index (κ2) is 12.7. The van der Waals surface area contributed by atoms with Crippen molar-refractivity contribution < 1.29 is 9.59 Å². The summed E-state index contributed by atoms with van der Waals surface area (Å²) in [5.41, 5.74) is 9.51. The zero-order valence-corrected chi connectivity index (χ0v) is 18.7. The van der Waals surface area contributed by atoms with Crippen molar-refractivity contribution in [1.29, 1.82) is 10.8 Å². The van der Waals surface area contributed by atoms with Crippen molar-refractivity contribution in [2.24, 2.45) is 11.5 Å². The highest BCUT2D eigenvalue weighted by Gasteiger charge is 2.32. The molecule has 0 aliphatic carbocycles. The predicted octanol–water partition coefficient (Wildman–Crippen LogP) is 2.79. The molecule has 1 unspecified atom stereocenters. The van der Waals surface area contributed by atoms with E-state index >= 15 is 0 Å². The summed E-state index contributed by atoms with van der Waals surface area (Å²) in [6.45, 7) is 5.21. The number of amides is 1. The fraction of sp³-hybridized carbons (Fsp3) is 0.375. The average molecular weight is 474 g/mol. The van der Waals surface area contributed by atoms with Crippen LogP contribution in [0.2, 0.25) is 10.0 Å². The number of hydrogen-bond acceptors (Lipinski definition) is 4. The molecule has 0 bridgehead atoms. The van der Waals surface area contributed by atoms with Crippen LogP contribution < -0.4 is 22.1 Å². The highest BCUT2D eigenvalue weighted by molar-refractivity contribution is 6.36. The molecule has 0 saturated carbocycles. The Labute approximate surface area is 185 Å². The van der Waals surface area contributed by atoms with Crippen molar-refractivity contribution in [2.75, 3.05) is 5.88 Å². The summed E-state index contributed by atoms with van der Waals surface area (Å²) >= 11 is 17.6. The SMILES string of the molecule is CCC(C)(NC(=O)c1cc(Cl)c(C)c(Cl)c1)C(=O)CCl.Cl.N=C(N)NC(=N)N. The molecule has 0 aliphatic heterocycles. The molecule has 8 N–H and O–H groups in total. The van der Waals surface area contributed by atoms with Crippen LogP contribution >= 0.6 is 47.2 Å². The van der Waals surface area contributed by atoms with Crippen LogP contribution in [0.15, 0.2) is 12.1 Å². The number of Topliss-reactive ketones (excluding diaryl/α,β-unsaturated/α-hetero) is 1. The number of halogens is 4. The van der Waals surface area contributed by atoms with E-state index in [0.29, 0.717) is 27.6 Å². The van der Waals surface area contributed by atoms with Gasteiger partial charge in [0.05, 0.1) is 11.4 Å². The molecular formula is C16H24Cl4N6O2. The van der Waals surface area contributed by atoms with Crippen molar-refractivity contribution in [3.63, 3.8) is 0 Å². The monoisotopic (exact) mass is 472 g/mol. The molecule has 0 aromatic heterocycles. The highest BCUT2D eigenvalue weighted by Crippen LogP contribution is 2.26. The van der Waals surface area contributed by atoms with Gasteiger partial charge in [0.1, 0.15) is 0 Å². The third-order valence-electron chi connectivity index (χ3n) is 3.65. The maximum Gasteiger partial charge on any atom is 0.252 e. The first-order valence-corrected chi connectivity index (χ1v) is 8.99. The zero-order valence-electron chi connectivity index (χ0n) is 15.6. The summed E-state index contributed by atoms with van der Waals surface area (Å²) in [4.78, 5) is 24.1. The van der Waals surface area contributed by atoms with E-state index in [-0.39, 0.29) is 36.0 Å². The van der Waals surface area contributed by atoms with Crippen molar-refractivity contribution in [2.45, 2.75) is 32.7 Å². The molecule has 8 nitrogen and oxygen atoms in total. The Morgan fingerprint density at radius 1 is 1.14 bits per heavy atom. The lowest BCUT2D eigenvalue weighted by atomic mass is 9.93. The first-order chi connectivity index (χ1) is 12.4. The normalized spacial score (nSPS) is 11.6. The summed E-state index contributed by atoms with van der Waals surface area (Å²) in [5.74, 6) is -1.42. The first-order valence-electron chi connectivity index (χ1n) is 7.70. The molecule has 1 atom stereocenters. The van der Waals surface area contributed by atoms with E-state index < -0.39 is 11.4 Å². The number of carbonyl (C=O) groups excluding carboxylic acids is 2. The molecule has 0 spiro atoms. The molecule has 0 heterocycles. The van der Waals surface area contributed by atoms with Gasteiger partial charge in [-0.25, -0.2) is 0 Å². The van der Waals surface area contributed by atoms with E-state index in [2.05, 4.69) is 5.32 Å². The number of benzene rings is 1. The third kappa shape index (κ3) is 8.97. The van der Waals surface area contributed by atoms with Gasteiger partial charge in [-0.15, -0.1) is 24.0 Å². The zero-order chi connectivity index (χ0) is 21.4. The Balaban J connectivity index is 0. The molecule has 1 aromatic rings. The standard InChI is InChI=1S/C14H16Cl3NO2.C2H7N5.ClH/c1-4-14(3,12(19)7-15)18-13(20)9-5-10(16)8(2)11(17)6-9;3-1(4)7-2(5)6;/h5-6H,4,7H2,1-3H3,(H,18,20);(H7,3,4,5,6,7);1H. The fourth-order valence-corrected chi connectivity index (χ4v) is 2.53. The van der Waals surface area contributed by atoms with E-state index in [1.165, 1.54) is 12.1 Å². The van der Waals surface area contributed by atoms with Gasteiger partial charge in [-0.1, -0.05) is 30.1 Å². The minimum Gasteiger partial charge on any atom is -0.370 e. The molecule has 28 heavy (non-hydrogen) atoms. The first kappa shape index (κ1) is 28.5. The minimum atomic E-state index is -0.997. The maximum absolute atomic E-state index is 12.2. The molecule has 0 fully saturated rings. The van der Waals surface area contributed by atoms with Gasteiger partial charge in [0, 0.05) is 15.6 Å². The van der Waals surface area contributed by atoms with Gasteiger partial charge in [0.2, 0.25) is 0 Å². The molecule has 1 amide bonds. The molecule has 12 heteroatoms. The topological polar surface area (TPSA) is 158 Å². The van der Waals surface area contributed by atoms with Crippen molar-refractivity contribution in [1.82, 2.24) is 10.6 Å². The van der Waals surface area contributed by atoms with Crippen LogP contribution in [0.25, 0.3) is 0 Å². The summed E-state index contributed by atoms with van der Waals surface area (Å²) in [6.07, 6.45) is 0.442. The molecule has 0 radical (unpaired) electrons. The quantitative estimate of drug-likeness (QED) is 0.220. The molecule has 1 rings (SSSR count). The van der Waals surface area contributed by atoms with Crippen LogP contribution in [0.4, 0.5) is 0 Å². The van der Waals surface area contributed by atoms with Crippen molar-refractivity contribution >= 4 is 70.8 Å². The van der Waals surface area contributed by atoms with Crippen LogP contribution in [0, 0.1) is 17.7 Å². The van der Waals surface area contributed by atoms with Gasteiger partial charge in [-0.05, 0) is 38.0 Å². The van der Waals surface area contributed by atoms with Gasteiger partial charge in [0.25, 0.3) is 5.91 Å². The predicted molar refractivity (Wildman–Crippen MR) is 117 cm³/mol.